The van der Waals surface area contributed by atoms with E-state index in [2.05, 4.69) is 17.6 Å². The summed E-state index contributed by atoms with van der Waals surface area (Å²) in [5, 5.41) is 3.42. The van der Waals surface area contributed by atoms with Crippen LogP contribution in [0.4, 0.5) is 0 Å². The van der Waals surface area contributed by atoms with E-state index in [0.29, 0.717) is 0 Å². The second-order valence-electron chi connectivity index (χ2n) is 3.96. The van der Waals surface area contributed by atoms with Crippen molar-refractivity contribution in [2.45, 2.75) is 13.0 Å². The average Bonchev–Trinajstić information content (AvgIpc) is 2.60. The number of rotatable bonds is 5. The summed E-state index contributed by atoms with van der Waals surface area (Å²) in [7, 11) is 0. The fraction of sp³-hybridized carbons (Fsp3) is 0.538. The minimum Gasteiger partial charge on any atom is -0.490 e. The zero-order chi connectivity index (χ0) is 11.9. The van der Waals surface area contributed by atoms with Crippen LogP contribution in [0, 0.1) is 0 Å². The molecule has 1 aliphatic heterocycles. The molecule has 1 aromatic rings. The lowest BCUT2D eigenvalue weighted by molar-refractivity contribution is 0.296. The standard InChI is InChI=1S/C13H19NO2S/c1-17-9-6-14-10-11-4-2-5-12-13(11)16-8-3-7-15-12/h2,4-5,14H,3,6-10H2,1H3. The molecule has 94 valence electrons. The van der Waals surface area contributed by atoms with E-state index < -0.39 is 0 Å². The van der Waals surface area contributed by atoms with E-state index in [9.17, 15) is 0 Å². The van der Waals surface area contributed by atoms with Crippen molar-refractivity contribution >= 4 is 11.8 Å². The van der Waals surface area contributed by atoms with E-state index in [1.165, 1.54) is 5.56 Å². The van der Waals surface area contributed by atoms with E-state index in [1.54, 1.807) is 0 Å². The third kappa shape index (κ3) is 3.54. The number of hydrogen-bond acceptors (Lipinski definition) is 4. The van der Waals surface area contributed by atoms with Gasteiger partial charge in [-0.1, -0.05) is 12.1 Å². The van der Waals surface area contributed by atoms with Gasteiger partial charge in [-0.05, 0) is 12.3 Å². The average molecular weight is 253 g/mol. The number of para-hydroxylation sites is 1. The summed E-state index contributed by atoms with van der Waals surface area (Å²) in [5.41, 5.74) is 1.19. The number of ether oxygens (including phenoxy) is 2. The summed E-state index contributed by atoms with van der Waals surface area (Å²) in [6, 6.07) is 6.10. The van der Waals surface area contributed by atoms with Crippen LogP contribution in [-0.4, -0.2) is 31.8 Å². The molecule has 0 spiro atoms. The molecule has 0 aromatic heterocycles. The molecule has 0 saturated carbocycles. The molecule has 0 atom stereocenters. The Balaban J connectivity index is 2.01. The van der Waals surface area contributed by atoms with Crippen molar-refractivity contribution in [1.82, 2.24) is 5.32 Å². The highest BCUT2D eigenvalue weighted by Crippen LogP contribution is 2.32. The normalized spacial score (nSPS) is 14.4. The summed E-state index contributed by atoms with van der Waals surface area (Å²) < 4.78 is 11.4. The molecule has 0 saturated heterocycles. The third-order valence-corrected chi connectivity index (χ3v) is 3.26. The molecule has 1 aliphatic rings. The summed E-state index contributed by atoms with van der Waals surface area (Å²) >= 11 is 1.85. The second kappa shape index (κ2) is 6.77. The Kier molecular flexibility index (Phi) is 5.01. The van der Waals surface area contributed by atoms with Crippen molar-refractivity contribution in [2.75, 3.05) is 31.8 Å². The third-order valence-electron chi connectivity index (χ3n) is 2.65. The van der Waals surface area contributed by atoms with Crippen molar-refractivity contribution in [3.8, 4) is 11.5 Å². The topological polar surface area (TPSA) is 30.5 Å². The van der Waals surface area contributed by atoms with Crippen molar-refractivity contribution in [2.24, 2.45) is 0 Å². The van der Waals surface area contributed by atoms with Crippen LogP contribution < -0.4 is 14.8 Å². The van der Waals surface area contributed by atoms with E-state index in [-0.39, 0.29) is 0 Å². The van der Waals surface area contributed by atoms with E-state index >= 15 is 0 Å². The fourth-order valence-electron chi connectivity index (χ4n) is 1.79. The van der Waals surface area contributed by atoms with Crippen LogP contribution in [0.2, 0.25) is 0 Å². The van der Waals surface area contributed by atoms with Crippen LogP contribution in [0.25, 0.3) is 0 Å². The molecule has 0 unspecified atom stereocenters. The van der Waals surface area contributed by atoms with Gasteiger partial charge in [-0.2, -0.15) is 11.8 Å². The molecule has 0 radical (unpaired) electrons. The first-order chi connectivity index (χ1) is 8.42. The van der Waals surface area contributed by atoms with Crippen LogP contribution in [0.1, 0.15) is 12.0 Å². The number of fused-ring (bicyclic) bond motifs is 1. The highest BCUT2D eigenvalue weighted by molar-refractivity contribution is 7.98. The van der Waals surface area contributed by atoms with Crippen LogP contribution in [0.15, 0.2) is 18.2 Å². The summed E-state index contributed by atoms with van der Waals surface area (Å²) in [6.07, 6.45) is 3.07. The summed E-state index contributed by atoms with van der Waals surface area (Å²) in [4.78, 5) is 0. The van der Waals surface area contributed by atoms with Gasteiger partial charge < -0.3 is 14.8 Å². The van der Waals surface area contributed by atoms with Gasteiger partial charge in [0.25, 0.3) is 0 Å². The summed E-state index contributed by atoms with van der Waals surface area (Å²) in [6.45, 7) is 3.35. The maximum Gasteiger partial charge on any atom is 0.165 e. The molecule has 1 N–H and O–H groups in total. The molecule has 0 amide bonds. The molecule has 1 heterocycles. The lowest BCUT2D eigenvalue weighted by Gasteiger charge is -2.12. The number of hydrogen-bond donors (Lipinski definition) is 1. The van der Waals surface area contributed by atoms with E-state index in [1.807, 2.05) is 23.9 Å². The van der Waals surface area contributed by atoms with Gasteiger partial charge >= 0.3 is 0 Å². The van der Waals surface area contributed by atoms with Crippen LogP contribution in [0.3, 0.4) is 0 Å². The first kappa shape index (κ1) is 12.6. The maximum absolute atomic E-state index is 5.77. The highest BCUT2D eigenvalue weighted by atomic mass is 32.2. The maximum atomic E-state index is 5.77. The Bertz CT molecular complexity index is 357. The van der Waals surface area contributed by atoms with Crippen molar-refractivity contribution in [1.29, 1.82) is 0 Å². The Morgan fingerprint density at radius 2 is 2.18 bits per heavy atom. The molecule has 3 nitrogen and oxygen atoms in total. The van der Waals surface area contributed by atoms with Crippen LogP contribution >= 0.6 is 11.8 Å². The quantitative estimate of drug-likeness (QED) is 0.816. The molecular formula is C13H19NO2S. The highest BCUT2D eigenvalue weighted by Gasteiger charge is 2.13. The minimum atomic E-state index is 0.745. The molecule has 0 aliphatic carbocycles. The van der Waals surface area contributed by atoms with Gasteiger partial charge in [0.2, 0.25) is 0 Å². The molecule has 4 heteroatoms. The molecular weight excluding hydrogens is 234 g/mol. The van der Waals surface area contributed by atoms with Gasteiger partial charge in [0.05, 0.1) is 13.2 Å². The SMILES string of the molecule is CSCCNCc1cccc2c1OCCCO2. The first-order valence-electron chi connectivity index (χ1n) is 5.99. The number of benzene rings is 1. The summed E-state index contributed by atoms with van der Waals surface area (Å²) in [5.74, 6) is 2.93. The Labute approximate surface area is 107 Å². The van der Waals surface area contributed by atoms with E-state index in [4.69, 9.17) is 9.47 Å². The van der Waals surface area contributed by atoms with Crippen molar-refractivity contribution in [3.05, 3.63) is 23.8 Å². The van der Waals surface area contributed by atoms with Gasteiger partial charge in [-0.25, -0.2) is 0 Å². The van der Waals surface area contributed by atoms with Crippen molar-refractivity contribution in [3.63, 3.8) is 0 Å². The van der Waals surface area contributed by atoms with Crippen molar-refractivity contribution < 1.29 is 9.47 Å². The molecule has 17 heavy (non-hydrogen) atoms. The van der Waals surface area contributed by atoms with Crippen LogP contribution in [-0.2, 0) is 6.54 Å². The zero-order valence-corrected chi connectivity index (χ0v) is 11.0. The number of nitrogens with one attached hydrogen (secondary N) is 1. The Hall–Kier alpha value is -0.870. The van der Waals surface area contributed by atoms with E-state index in [0.717, 1.165) is 50.0 Å². The minimum absolute atomic E-state index is 0.745. The molecule has 0 bridgehead atoms. The lowest BCUT2D eigenvalue weighted by Crippen LogP contribution is -2.17. The smallest absolute Gasteiger partial charge is 0.165 e. The Morgan fingerprint density at radius 1 is 1.29 bits per heavy atom. The van der Waals surface area contributed by atoms with Gasteiger partial charge in [0, 0.05) is 30.8 Å². The molecule has 0 fully saturated rings. The first-order valence-corrected chi connectivity index (χ1v) is 7.38. The largest absolute Gasteiger partial charge is 0.490 e. The second-order valence-corrected chi connectivity index (χ2v) is 4.95. The van der Waals surface area contributed by atoms with Gasteiger partial charge in [0.1, 0.15) is 0 Å². The lowest BCUT2D eigenvalue weighted by atomic mass is 10.2. The van der Waals surface area contributed by atoms with Gasteiger partial charge in [0.15, 0.2) is 11.5 Å². The zero-order valence-electron chi connectivity index (χ0n) is 10.2. The Morgan fingerprint density at radius 3 is 3.06 bits per heavy atom. The van der Waals surface area contributed by atoms with Gasteiger partial charge in [-0.15, -0.1) is 0 Å². The van der Waals surface area contributed by atoms with Gasteiger partial charge in [-0.3, -0.25) is 0 Å². The fourth-order valence-corrected chi connectivity index (χ4v) is 2.14. The number of thioether (sulfide) groups is 1. The molecule has 1 aromatic carbocycles. The van der Waals surface area contributed by atoms with Crippen LogP contribution in [0.5, 0.6) is 11.5 Å². The molecule has 2 rings (SSSR count). The monoisotopic (exact) mass is 253 g/mol. The predicted molar refractivity (Wildman–Crippen MR) is 72.1 cm³/mol. The predicted octanol–water partition coefficient (Wildman–Crippen LogP) is 2.30.